The summed E-state index contributed by atoms with van der Waals surface area (Å²) in [6.45, 7) is 4.42. The first-order valence-corrected chi connectivity index (χ1v) is 9.22. The van der Waals surface area contributed by atoms with E-state index in [9.17, 15) is 9.59 Å². The van der Waals surface area contributed by atoms with E-state index >= 15 is 0 Å². The summed E-state index contributed by atoms with van der Waals surface area (Å²) < 4.78 is 0. The summed E-state index contributed by atoms with van der Waals surface area (Å²) in [6.07, 6.45) is 1.49. The number of pyridine rings is 1. The zero-order valence-corrected chi connectivity index (χ0v) is 16.0. The van der Waals surface area contributed by atoms with Crippen molar-refractivity contribution >= 4 is 17.5 Å². The minimum Gasteiger partial charge on any atom is -0.331 e. The van der Waals surface area contributed by atoms with Gasteiger partial charge in [-0.2, -0.15) is 0 Å². The first kappa shape index (κ1) is 19.3. The van der Waals surface area contributed by atoms with Crippen LogP contribution in [-0.4, -0.2) is 27.7 Å². The number of rotatable bonds is 6. The number of amides is 2. The van der Waals surface area contributed by atoms with E-state index in [0.29, 0.717) is 17.8 Å². The van der Waals surface area contributed by atoms with E-state index in [2.05, 4.69) is 10.3 Å². The van der Waals surface area contributed by atoms with E-state index in [4.69, 9.17) is 0 Å². The highest BCUT2D eigenvalue weighted by molar-refractivity contribution is 6.05. The number of nitrogens with zero attached hydrogens (tertiary/aromatic N) is 2. The van der Waals surface area contributed by atoms with Crippen molar-refractivity contribution in [2.45, 2.75) is 26.4 Å². The molecule has 0 aliphatic rings. The van der Waals surface area contributed by atoms with Gasteiger partial charge in [-0.15, -0.1) is 0 Å². The van der Waals surface area contributed by atoms with Crippen molar-refractivity contribution in [1.29, 1.82) is 0 Å². The van der Waals surface area contributed by atoms with Gasteiger partial charge in [0.25, 0.3) is 11.8 Å². The van der Waals surface area contributed by atoms with Gasteiger partial charge in [0.2, 0.25) is 0 Å². The van der Waals surface area contributed by atoms with E-state index in [1.54, 1.807) is 17.0 Å². The summed E-state index contributed by atoms with van der Waals surface area (Å²) in [5.74, 6) is -0.477. The van der Waals surface area contributed by atoms with Crippen LogP contribution in [0.5, 0.6) is 0 Å². The second kappa shape index (κ2) is 8.95. The first-order chi connectivity index (χ1) is 13.5. The van der Waals surface area contributed by atoms with Gasteiger partial charge in [-0.25, -0.2) is 0 Å². The third-order valence-electron chi connectivity index (χ3n) is 4.35. The Bertz CT molecular complexity index is 940. The van der Waals surface area contributed by atoms with Gasteiger partial charge < -0.3 is 10.2 Å². The summed E-state index contributed by atoms with van der Waals surface area (Å²) in [5.41, 5.74) is 2.39. The lowest BCUT2D eigenvalue weighted by atomic mass is 10.1. The number of carbonyl (C=O) groups is 2. The minimum atomic E-state index is -0.276. The highest BCUT2D eigenvalue weighted by Crippen LogP contribution is 2.14. The van der Waals surface area contributed by atoms with Crippen LogP contribution in [0.1, 0.15) is 40.3 Å². The smallest absolute Gasteiger partial charge is 0.272 e. The summed E-state index contributed by atoms with van der Waals surface area (Å²) in [5, 5.41) is 2.82. The molecule has 28 heavy (non-hydrogen) atoms. The van der Waals surface area contributed by atoms with E-state index in [1.165, 1.54) is 6.20 Å². The number of hydrogen-bond donors (Lipinski definition) is 1. The highest BCUT2D eigenvalue weighted by atomic mass is 16.2. The number of nitrogens with one attached hydrogen (secondary N) is 1. The van der Waals surface area contributed by atoms with Crippen LogP contribution in [0.15, 0.2) is 79.0 Å². The highest BCUT2D eigenvalue weighted by Gasteiger charge is 2.21. The molecule has 1 heterocycles. The van der Waals surface area contributed by atoms with Crippen molar-refractivity contribution in [3.8, 4) is 0 Å². The summed E-state index contributed by atoms with van der Waals surface area (Å²) >= 11 is 0. The number of hydrogen-bond acceptors (Lipinski definition) is 3. The summed E-state index contributed by atoms with van der Waals surface area (Å²) in [7, 11) is 0. The van der Waals surface area contributed by atoms with E-state index in [0.717, 1.165) is 5.56 Å². The molecule has 0 saturated carbocycles. The molecule has 0 aliphatic carbocycles. The second-order valence-electron chi connectivity index (χ2n) is 6.76. The molecule has 2 amide bonds. The van der Waals surface area contributed by atoms with Crippen molar-refractivity contribution < 1.29 is 9.59 Å². The molecule has 0 saturated heterocycles. The van der Waals surface area contributed by atoms with Gasteiger partial charge in [0, 0.05) is 30.0 Å². The van der Waals surface area contributed by atoms with Crippen LogP contribution < -0.4 is 5.32 Å². The largest absolute Gasteiger partial charge is 0.331 e. The summed E-state index contributed by atoms with van der Waals surface area (Å²) in [4.78, 5) is 31.5. The van der Waals surface area contributed by atoms with Crippen molar-refractivity contribution in [2.24, 2.45) is 0 Å². The van der Waals surface area contributed by atoms with Gasteiger partial charge in [0.05, 0.1) is 0 Å². The number of anilines is 1. The van der Waals surface area contributed by atoms with E-state index in [-0.39, 0.29) is 23.6 Å². The molecule has 5 heteroatoms. The number of aromatic nitrogens is 1. The first-order valence-electron chi connectivity index (χ1n) is 9.22. The van der Waals surface area contributed by atoms with Crippen LogP contribution in [0.3, 0.4) is 0 Å². The van der Waals surface area contributed by atoms with Crippen LogP contribution in [-0.2, 0) is 6.54 Å². The Kier molecular flexibility index (Phi) is 6.17. The molecule has 3 rings (SSSR count). The van der Waals surface area contributed by atoms with Gasteiger partial charge in [-0.3, -0.25) is 14.6 Å². The average Bonchev–Trinajstić information content (AvgIpc) is 2.73. The molecule has 5 nitrogen and oxygen atoms in total. The van der Waals surface area contributed by atoms with Gasteiger partial charge >= 0.3 is 0 Å². The maximum absolute atomic E-state index is 13.1. The Balaban J connectivity index is 1.79. The molecule has 142 valence electrons. The minimum absolute atomic E-state index is 0.00342. The Morgan fingerprint density at radius 3 is 2.25 bits per heavy atom. The molecule has 1 aromatic heterocycles. The molecular formula is C23H23N3O2. The Morgan fingerprint density at radius 1 is 0.964 bits per heavy atom. The number of para-hydroxylation sites is 1. The quantitative estimate of drug-likeness (QED) is 0.697. The molecule has 1 N–H and O–H groups in total. The van der Waals surface area contributed by atoms with E-state index < -0.39 is 0 Å². The van der Waals surface area contributed by atoms with Gasteiger partial charge in [0.15, 0.2) is 0 Å². The number of benzene rings is 2. The molecular weight excluding hydrogens is 350 g/mol. The molecule has 0 atom stereocenters. The zero-order valence-electron chi connectivity index (χ0n) is 16.0. The number of carbonyl (C=O) groups excluding carboxylic acids is 2. The Labute approximate surface area is 165 Å². The maximum Gasteiger partial charge on any atom is 0.272 e. The Hall–Kier alpha value is -3.47. The molecule has 0 spiro atoms. The predicted octanol–water partition coefficient (Wildman–Crippen LogP) is 4.38. The topological polar surface area (TPSA) is 62.3 Å². The Morgan fingerprint density at radius 2 is 1.61 bits per heavy atom. The van der Waals surface area contributed by atoms with E-state index in [1.807, 2.05) is 74.5 Å². The lowest BCUT2D eigenvalue weighted by Gasteiger charge is -2.26. The normalized spacial score (nSPS) is 10.5. The molecule has 3 aromatic rings. The molecule has 0 radical (unpaired) electrons. The van der Waals surface area contributed by atoms with Crippen LogP contribution in [0.2, 0.25) is 0 Å². The van der Waals surface area contributed by atoms with Crippen molar-refractivity contribution in [3.05, 3.63) is 95.8 Å². The second-order valence-corrected chi connectivity index (χ2v) is 6.76. The predicted molar refractivity (Wildman–Crippen MR) is 110 cm³/mol. The van der Waals surface area contributed by atoms with Crippen LogP contribution in [0, 0.1) is 0 Å². The van der Waals surface area contributed by atoms with Crippen molar-refractivity contribution in [3.63, 3.8) is 0 Å². The molecule has 0 unspecified atom stereocenters. The molecule has 0 fully saturated rings. The fourth-order valence-corrected chi connectivity index (χ4v) is 2.83. The molecule has 0 aliphatic heterocycles. The van der Waals surface area contributed by atoms with Gasteiger partial charge in [-0.1, -0.05) is 48.5 Å². The van der Waals surface area contributed by atoms with Crippen molar-refractivity contribution in [2.75, 3.05) is 5.32 Å². The van der Waals surface area contributed by atoms with Crippen LogP contribution in [0.25, 0.3) is 0 Å². The molecule has 0 bridgehead atoms. The van der Waals surface area contributed by atoms with Crippen LogP contribution >= 0.6 is 0 Å². The van der Waals surface area contributed by atoms with Crippen LogP contribution in [0.4, 0.5) is 5.69 Å². The fraction of sp³-hybridized carbons (Fsp3) is 0.174. The average molecular weight is 373 g/mol. The lowest BCUT2D eigenvalue weighted by molar-refractivity contribution is 0.0684. The third kappa shape index (κ3) is 4.82. The van der Waals surface area contributed by atoms with Gasteiger partial charge in [-0.05, 0) is 43.7 Å². The summed E-state index contributed by atoms with van der Waals surface area (Å²) in [6, 6.07) is 22.2. The molecule has 2 aromatic carbocycles. The SMILES string of the molecule is CC(C)N(Cc1ccccc1)C(=O)c1cc(C(=O)Nc2ccccc2)ccn1. The monoisotopic (exact) mass is 373 g/mol. The standard InChI is InChI=1S/C23H23N3O2/c1-17(2)26(16-18-9-5-3-6-10-18)23(28)21-15-19(13-14-24-21)22(27)25-20-11-7-4-8-12-20/h3-15,17H,16H2,1-2H3,(H,25,27). The van der Waals surface area contributed by atoms with Gasteiger partial charge in [0.1, 0.15) is 5.69 Å². The lowest BCUT2D eigenvalue weighted by Crippen LogP contribution is -2.37. The zero-order chi connectivity index (χ0) is 19.9. The third-order valence-corrected chi connectivity index (χ3v) is 4.35. The maximum atomic E-state index is 13.1. The fourth-order valence-electron chi connectivity index (χ4n) is 2.83. The van der Waals surface area contributed by atoms with Crippen molar-refractivity contribution in [1.82, 2.24) is 9.88 Å².